The average Bonchev–Trinajstić information content (AvgIpc) is 4.09. The number of anilines is 3. The summed E-state index contributed by atoms with van der Waals surface area (Å²) in [6, 6.07) is 25.5. The summed E-state index contributed by atoms with van der Waals surface area (Å²) in [5, 5.41) is 11.1. The third kappa shape index (κ3) is 11.3. The van der Waals surface area contributed by atoms with Crippen LogP contribution in [-0.4, -0.2) is 40.9 Å². The number of hydrogen-bond donors (Lipinski definition) is 5. The first-order valence-corrected chi connectivity index (χ1v) is 16.9. The Hall–Kier alpha value is -6.50. The number of aromatic nitrogens is 2. The molecule has 2 aromatic heterocycles. The summed E-state index contributed by atoms with van der Waals surface area (Å²) in [4.78, 5) is 44.4. The van der Waals surface area contributed by atoms with Gasteiger partial charge in [-0.25, -0.2) is 9.18 Å². The van der Waals surface area contributed by atoms with Gasteiger partial charge in [0.05, 0.1) is 0 Å². The van der Waals surface area contributed by atoms with Gasteiger partial charge < -0.3 is 36.5 Å². The first-order chi connectivity index (χ1) is 25.3. The molecule has 6 N–H and O–H groups in total. The molecule has 2 aliphatic rings. The van der Waals surface area contributed by atoms with E-state index in [0.29, 0.717) is 69.8 Å². The van der Waals surface area contributed by atoms with Crippen LogP contribution in [0.2, 0.25) is 0 Å². The maximum Gasteiger partial charge on any atom is 0.323 e. The Morgan fingerprint density at radius 2 is 1.04 bits per heavy atom. The number of pyridine rings is 2. The van der Waals surface area contributed by atoms with Crippen LogP contribution in [0.25, 0.3) is 0 Å². The molecule has 2 aliphatic carbocycles. The van der Waals surface area contributed by atoms with E-state index in [4.69, 9.17) is 15.2 Å². The molecule has 13 heteroatoms. The Balaban J connectivity index is 0.000000192. The minimum Gasteiger partial charge on any atom is -0.457 e. The molecule has 5 aromatic rings. The molecule has 2 heterocycles. The van der Waals surface area contributed by atoms with Gasteiger partial charge in [-0.1, -0.05) is 0 Å². The number of benzene rings is 3. The second-order valence-corrected chi connectivity index (χ2v) is 12.4. The molecule has 0 saturated heterocycles. The van der Waals surface area contributed by atoms with Crippen LogP contribution < -0.4 is 36.5 Å². The van der Waals surface area contributed by atoms with E-state index in [1.807, 2.05) is 0 Å². The van der Waals surface area contributed by atoms with E-state index in [2.05, 4.69) is 31.2 Å². The van der Waals surface area contributed by atoms with Crippen molar-refractivity contribution in [1.82, 2.24) is 20.6 Å². The third-order valence-corrected chi connectivity index (χ3v) is 7.99. The number of urea groups is 1. The zero-order valence-electron chi connectivity index (χ0n) is 28.2. The van der Waals surface area contributed by atoms with Crippen LogP contribution in [0.1, 0.15) is 46.7 Å². The predicted molar refractivity (Wildman–Crippen MR) is 195 cm³/mol. The molecule has 0 unspecified atom stereocenters. The average molecular weight is 704 g/mol. The van der Waals surface area contributed by atoms with Gasteiger partial charge in [0.1, 0.15) is 40.2 Å². The lowest BCUT2D eigenvalue weighted by Crippen LogP contribution is -2.26. The summed E-state index contributed by atoms with van der Waals surface area (Å²) in [6.45, 7) is 1.40. The van der Waals surface area contributed by atoms with Crippen molar-refractivity contribution >= 4 is 34.9 Å². The third-order valence-electron chi connectivity index (χ3n) is 7.99. The van der Waals surface area contributed by atoms with E-state index in [1.54, 1.807) is 79.0 Å². The van der Waals surface area contributed by atoms with E-state index in [0.717, 1.165) is 19.4 Å². The number of ether oxygens (including phenoxy) is 2. The van der Waals surface area contributed by atoms with Crippen molar-refractivity contribution in [2.45, 2.75) is 25.7 Å². The molecule has 0 aliphatic heterocycles. The van der Waals surface area contributed by atoms with Gasteiger partial charge in [-0.15, -0.1) is 0 Å². The van der Waals surface area contributed by atoms with Crippen molar-refractivity contribution < 1.29 is 28.2 Å². The number of rotatable bonds is 12. The Morgan fingerprint density at radius 1 is 0.615 bits per heavy atom. The van der Waals surface area contributed by atoms with Gasteiger partial charge in [-0.2, -0.15) is 0 Å². The molecule has 2 saturated carbocycles. The molecular formula is C39H38FN7O5. The molecule has 52 heavy (non-hydrogen) atoms. The number of nitrogens with zero attached hydrogens (tertiary/aromatic N) is 2. The number of carbonyl (C=O) groups is 3. The molecule has 0 radical (unpaired) electrons. The number of nitrogen functional groups attached to an aromatic ring is 1. The smallest absolute Gasteiger partial charge is 0.323 e. The highest BCUT2D eigenvalue weighted by Gasteiger charge is 2.23. The van der Waals surface area contributed by atoms with Gasteiger partial charge in [0.25, 0.3) is 11.8 Å². The van der Waals surface area contributed by atoms with Crippen molar-refractivity contribution in [3.63, 3.8) is 0 Å². The van der Waals surface area contributed by atoms with Crippen molar-refractivity contribution in [3.05, 3.63) is 127 Å². The largest absolute Gasteiger partial charge is 0.457 e. The highest BCUT2D eigenvalue weighted by Crippen LogP contribution is 2.29. The van der Waals surface area contributed by atoms with Crippen LogP contribution in [0.3, 0.4) is 0 Å². The van der Waals surface area contributed by atoms with Crippen molar-refractivity contribution in [3.8, 4) is 23.0 Å². The number of carbonyl (C=O) groups excluding carboxylic acids is 3. The van der Waals surface area contributed by atoms with Crippen molar-refractivity contribution in [1.29, 1.82) is 0 Å². The van der Waals surface area contributed by atoms with Crippen LogP contribution in [0.15, 0.2) is 109 Å². The number of nitrogens with one attached hydrogen (secondary N) is 4. The Morgan fingerprint density at radius 3 is 1.48 bits per heavy atom. The van der Waals surface area contributed by atoms with Crippen LogP contribution in [0, 0.1) is 17.7 Å². The first-order valence-electron chi connectivity index (χ1n) is 16.9. The minimum absolute atomic E-state index is 0.162. The van der Waals surface area contributed by atoms with E-state index >= 15 is 0 Å². The maximum absolute atomic E-state index is 12.9. The van der Waals surface area contributed by atoms with E-state index in [9.17, 15) is 18.8 Å². The zero-order valence-corrected chi connectivity index (χ0v) is 28.2. The highest BCUT2D eigenvalue weighted by atomic mass is 19.1. The summed E-state index contributed by atoms with van der Waals surface area (Å²) in [7, 11) is 0. The normalized spacial score (nSPS) is 13.1. The molecule has 266 valence electrons. The summed E-state index contributed by atoms with van der Waals surface area (Å²) in [5.74, 6) is 2.75. The Labute approximate surface area is 300 Å². The quantitative estimate of drug-likeness (QED) is 0.0838. The monoisotopic (exact) mass is 703 g/mol. The van der Waals surface area contributed by atoms with E-state index in [1.165, 1.54) is 43.3 Å². The molecule has 0 atom stereocenters. The zero-order chi connectivity index (χ0) is 36.3. The summed E-state index contributed by atoms with van der Waals surface area (Å²) >= 11 is 0. The van der Waals surface area contributed by atoms with Crippen molar-refractivity contribution in [2.24, 2.45) is 11.8 Å². The number of nitrogens with two attached hydrogens (primary N) is 1. The fourth-order valence-corrected chi connectivity index (χ4v) is 4.74. The number of hydrogen-bond acceptors (Lipinski definition) is 8. The van der Waals surface area contributed by atoms with Gasteiger partial charge in [-0.05, 0) is 122 Å². The van der Waals surface area contributed by atoms with E-state index < -0.39 is 6.03 Å². The predicted octanol–water partition coefficient (Wildman–Crippen LogP) is 7.39. The molecule has 7 rings (SSSR count). The lowest BCUT2D eigenvalue weighted by Gasteiger charge is -2.10. The lowest BCUT2D eigenvalue weighted by molar-refractivity contribution is 0.0938. The number of amides is 4. The van der Waals surface area contributed by atoms with Gasteiger partial charge in [-0.3, -0.25) is 19.6 Å². The molecule has 0 bridgehead atoms. The standard InChI is InChI=1S/C23H21FN4O3.C16H17N3O2/c24-16-3-5-17(6-4-16)27-23(30)28-18-7-9-19(10-8-18)31-20-11-12-25-21(13-20)22(29)26-14-15-1-2-15;17-12-3-5-13(6-4-12)21-14-7-8-18-15(9-14)16(20)19-10-11-1-2-11/h3-13,15H,1-2,14H2,(H,26,29)(H2,27,28,30);3-9,11H,1-2,10,17H2,(H,19,20). The molecule has 2 fully saturated rings. The second-order valence-electron chi connectivity index (χ2n) is 12.4. The van der Waals surface area contributed by atoms with Crippen LogP contribution in [0.5, 0.6) is 23.0 Å². The fraction of sp³-hybridized carbons (Fsp3) is 0.205. The van der Waals surface area contributed by atoms with Crippen LogP contribution >= 0.6 is 0 Å². The topological polar surface area (TPSA) is 170 Å². The second kappa shape index (κ2) is 16.9. The summed E-state index contributed by atoms with van der Waals surface area (Å²) < 4.78 is 24.4. The molecule has 0 spiro atoms. The summed E-state index contributed by atoms with van der Waals surface area (Å²) in [5.41, 5.74) is 8.01. The van der Waals surface area contributed by atoms with Crippen molar-refractivity contribution in [2.75, 3.05) is 29.5 Å². The fourth-order valence-electron chi connectivity index (χ4n) is 4.74. The SMILES string of the molecule is Nc1ccc(Oc2ccnc(C(=O)NCC3CC3)c2)cc1.O=C(Nc1ccc(F)cc1)Nc1ccc(Oc2ccnc(C(=O)NCC3CC3)c2)cc1. The Kier molecular flexibility index (Phi) is 11.5. The summed E-state index contributed by atoms with van der Waals surface area (Å²) in [6.07, 6.45) is 7.82. The van der Waals surface area contributed by atoms with Crippen LogP contribution in [0.4, 0.5) is 26.2 Å². The molecule has 4 amide bonds. The maximum atomic E-state index is 12.9. The number of halogens is 1. The van der Waals surface area contributed by atoms with Gasteiger partial charge in [0.15, 0.2) is 0 Å². The lowest BCUT2D eigenvalue weighted by atomic mass is 10.3. The minimum atomic E-state index is -0.448. The van der Waals surface area contributed by atoms with Gasteiger partial charge in [0, 0.05) is 54.7 Å². The highest BCUT2D eigenvalue weighted by molar-refractivity contribution is 5.99. The first kappa shape index (κ1) is 35.3. The van der Waals surface area contributed by atoms with Gasteiger partial charge >= 0.3 is 6.03 Å². The molecule has 3 aromatic carbocycles. The Bertz CT molecular complexity index is 1980. The van der Waals surface area contributed by atoms with Gasteiger partial charge in [0.2, 0.25) is 0 Å². The van der Waals surface area contributed by atoms with Crippen LogP contribution in [-0.2, 0) is 0 Å². The molecular weight excluding hydrogens is 665 g/mol. The van der Waals surface area contributed by atoms with E-state index in [-0.39, 0.29) is 17.6 Å². The molecule has 12 nitrogen and oxygen atoms in total.